The Bertz CT molecular complexity index is 746. The molecule has 8 nitrogen and oxygen atoms in total. The number of piperidine rings is 2. The fourth-order valence-corrected chi connectivity index (χ4v) is 4.54. The van der Waals surface area contributed by atoms with E-state index in [1.807, 2.05) is 6.07 Å². The summed E-state index contributed by atoms with van der Waals surface area (Å²) in [6.07, 6.45) is 7.37. The number of rotatable bonds is 9. The molecule has 1 unspecified atom stereocenters. The van der Waals surface area contributed by atoms with Crippen LogP contribution in [-0.4, -0.2) is 67.6 Å². The number of carbonyl (C=O) groups excluding carboxylic acids is 1. The molecule has 2 fully saturated rings. The molecule has 32 heavy (non-hydrogen) atoms. The monoisotopic (exact) mass is 443 g/mol. The number of likely N-dealkylation sites (tertiary alicyclic amines) is 1. The number of nitrogens with two attached hydrogens (primary N) is 1. The Morgan fingerprint density at radius 2 is 2.06 bits per heavy atom. The van der Waals surface area contributed by atoms with Crippen LogP contribution in [0.15, 0.2) is 23.3 Å². The number of aromatic nitrogens is 1. The van der Waals surface area contributed by atoms with Gasteiger partial charge >= 0.3 is 0 Å². The average Bonchev–Trinajstić information content (AvgIpc) is 2.81. The standard InChI is InChI=1S/C24H41N7O/c1-3-26-24(28-12-6-13-30-15-9-19(2)10-16-30)29-17-20-7-4-11-27-23(20)31-14-5-8-21(18-31)22(25)32/h4,7,11,19,21H,3,5-6,8-10,12-18H2,1-2H3,(H2,25,32)(H2,26,28,29). The summed E-state index contributed by atoms with van der Waals surface area (Å²) in [6.45, 7) is 11.8. The zero-order valence-corrected chi connectivity index (χ0v) is 19.9. The predicted octanol–water partition coefficient (Wildman–Crippen LogP) is 1.96. The van der Waals surface area contributed by atoms with Crippen molar-refractivity contribution in [3.05, 3.63) is 23.9 Å². The molecule has 0 spiro atoms. The van der Waals surface area contributed by atoms with Gasteiger partial charge < -0.3 is 26.2 Å². The van der Waals surface area contributed by atoms with Crippen LogP contribution in [0.4, 0.5) is 5.82 Å². The summed E-state index contributed by atoms with van der Waals surface area (Å²) in [6, 6.07) is 4.02. The van der Waals surface area contributed by atoms with Gasteiger partial charge in [-0.3, -0.25) is 4.79 Å². The van der Waals surface area contributed by atoms with Gasteiger partial charge in [0.2, 0.25) is 5.91 Å². The summed E-state index contributed by atoms with van der Waals surface area (Å²) in [5.74, 6) is 2.30. The molecule has 0 bridgehead atoms. The van der Waals surface area contributed by atoms with Gasteiger partial charge in [-0.15, -0.1) is 0 Å². The maximum atomic E-state index is 11.7. The van der Waals surface area contributed by atoms with Crippen molar-refractivity contribution in [1.82, 2.24) is 20.5 Å². The Kier molecular flexibility index (Phi) is 9.59. The second-order valence-electron chi connectivity index (χ2n) is 9.17. The highest BCUT2D eigenvalue weighted by atomic mass is 16.1. The van der Waals surface area contributed by atoms with Gasteiger partial charge in [-0.2, -0.15) is 0 Å². The van der Waals surface area contributed by atoms with Crippen molar-refractivity contribution in [2.75, 3.05) is 50.7 Å². The second-order valence-corrected chi connectivity index (χ2v) is 9.17. The fourth-order valence-electron chi connectivity index (χ4n) is 4.54. The molecule has 0 saturated carbocycles. The number of amides is 1. The van der Waals surface area contributed by atoms with Crippen LogP contribution in [0.1, 0.15) is 51.5 Å². The third kappa shape index (κ3) is 7.36. The van der Waals surface area contributed by atoms with Gasteiger partial charge in [0, 0.05) is 37.9 Å². The van der Waals surface area contributed by atoms with E-state index in [0.717, 1.165) is 68.7 Å². The van der Waals surface area contributed by atoms with E-state index in [0.29, 0.717) is 13.1 Å². The zero-order valence-electron chi connectivity index (χ0n) is 19.9. The lowest BCUT2D eigenvalue weighted by Crippen LogP contribution is -2.42. The van der Waals surface area contributed by atoms with E-state index in [1.165, 1.54) is 25.9 Å². The lowest BCUT2D eigenvalue weighted by Gasteiger charge is -2.33. The minimum absolute atomic E-state index is 0.107. The Hall–Kier alpha value is -2.35. The molecule has 2 aliphatic rings. The first-order chi connectivity index (χ1) is 15.6. The Labute approximate surface area is 193 Å². The van der Waals surface area contributed by atoms with Crippen LogP contribution in [0.2, 0.25) is 0 Å². The van der Waals surface area contributed by atoms with Crippen LogP contribution in [0, 0.1) is 11.8 Å². The highest BCUT2D eigenvalue weighted by molar-refractivity contribution is 5.80. The maximum Gasteiger partial charge on any atom is 0.222 e. The fraction of sp³-hybridized carbons (Fsp3) is 0.708. The van der Waals surface area contributed by atoms with Crippen LogP contribution in [-0.2, 0) is 11.3 Å². The number of primary amides is 1. The van der Waals surface area contributed by atoms with Gasteiger partial charge in [0.25, 0.3) is 0 Å². The molecule has 3 rings (SSSR count). The van der Waals surface area contributed by atoms with Gasteiger partial charge in [0.1, 0.15) is 5.82 Å². The van der Waals surface area contributed by atoms with E-state index in [4.69, 9.17) is 10.7 Å². The third-order valence-electron chi connectivity index (χ3n) is 6.56. The molecule has 1 aromatic heterocycles. The van der Waals surface area contributed by atoms with E-state index >= 15 is 0 Å². The number of pyridine rings is 1. The van der Waals surface area contributed by atoms with Gasteiger partial charge in [0.05, 0.1) is 12.5 Å². The van der Waals surface area contributed by atoms with Crippen LogP contribution in [0.5, 0.6) is 0 Å². The first kappa shape index (κ1) is 24.3. The molecule has 4 N–H and O–H groups in total. The van der Waals surface area contributed by atoms with Crippen LogP contribution >= 0.6 is 0 Å². The summed E-state index contributed by atoms with van der Waals surface area (Å²) >= 11 is 0. The molecule has 8 heteroatoms. The SMILES string of the molecule is CCNC(=NCc1cccnc1N1CCCC(C(N)=O)C1)NCCCN1CCC(C)CC1. The summed E-state index contributed by atoms with van der Waals surface area (Å²) in [4.78, 5) is 25.9. The Morgan fingerprint density at radius 1 is 1.25 bits per heavy atom. The molecule has 0 aliphatic carbocycles. The van der Waals surface area contributed by atoms with E-state index in [9.17, 15) is 4.79 Å². The molecule has 2 saturated heterocycles. The van der Waals surface area contributed by atoms with Gasteiger partial charge in [-0.25, -0.2) is 9.98 Å². The smallest absolute Gasteiger partial charge is 0.222 e. The van der Waals surface area contributed by atoms with Gasteiger partial charge in [0.15, 0.2) is 5.96 Å². The summed E-state index contributed by atoms with van der Waals surface area (Å²) < 4.78 is 0. The number of nitrogens with one attached hydrogen (secondary N) is 2. The minimum atomic E-state index is -0.220. The number of anilines is 1. The van der Waals surface area contributed by atoms with Crippen molar-refractivity contribution >= 4 is 17.7 Å². The summed E-state index contributed by atoms with van der Waals surface area (Å²) in [5.41, 5.74) is 6.63. The van der Waals surface area contributed by atoms with Gasteiger partial charge in [-0.1, -0.05) is 13.0 Å². The molecule has 178 valence electrons. The van der Waals surface area contributed by atoms with Crippen molar-refractivity contribution in [1.29, 1.82) is 0 Å². The van der Waals surface area contributed by atoms with Crippen LogP contribution in [0.3, 0.4) is 0 Å². The first-order valence-electron chi connectivity index (χ1n) is 12.3. The summed E-state index contributed by atoms with van der Waals surface area (Å²) in [7, 11) is 0. The Morgan fingerprint density at radius 3 is 2.81 bits per heavy atom. The van der Waals surface area contributed by atoms with Crippen molar-refractivity contribution in [3.63, 3.8) is 0 Å². The number of aliphatic imine (C=N–C) groups is 1. The molecule has 1 amide bonds. The average molecular weight is 444 g/mol. The number of hydrogen-bond donors (Lipinski definition) is 3. The van der Waals surface area contributed by atoms with E-state index < -0.39 is 0 Å². The molecule has 0 radical (unpaired) electrons. The Balaban J connectivity index is 1.53. The van der Waals surface area contributed by atoms with Crippen molar-refractivity contribution in [2.45, 2.75) is 52.5 Å². The number of carbonyl (C=O) groups is 1. The van der Waals surface area contributed by atoms with E-state index in [1.54, 1.807) is 6.20 Å². The lowest BCUT2D eigenvalue weighted by molar-refractivity contribution is -0.122. The zero-order chi connectivity index (χ0) is 22.8. The van der Waals surface area contributed by atoms with Crippen molar-refractivity contribution in [2.24, 2.45) is 22.6 Å². The second kappa shape index (κ2) is 12.6. The molecule has 3 heterocycles. The lowest BCUT2D eigenvalue weighted by atomic mass is 9.97. The van der Waals surface area contributed by atoms with Crippen molar-refractivity contribution in [3.8, 4) is 0 Å². The molecule has 1 aromatic rings. The first-order valence-corrected chi connectivity index (χ1v) is 12.3. The van der Waals surface area contributed by atoms with Crippen LogP contribution in [0.25, 0.3) is 0 Å². The molecule has 0 aromatic carbocycles. The quantitative estimate of drug-likeness (QED) is 0.307. The highest BCUT2D eigenvalue weighted by Crippen LogP contribution is 2.25. The number of nitrogens with zero attached hydrogens (tertiary/aromatic N) is 4. The van der Waals surface area contributed by atoms with Gasteiger partial charge in [-0.05, 0) is 70.6 Å². The summed E-state index contributed by atoms with van der Waals surface area (Å²) in [5, 5.41) is 6.83. The van der Waals surface area contributed by atoms with Crippen molar-refractivity contribution < 1.29 is 4.79 Å². The highest BCUT2D eigenvalue weighted by Gasteiger charge is 2.26. The normalized spacial score (nSPS) is 20.9. The van der Waals surface area contributed by atoms with E-state index in [-0.39, 0.29) is 11.8 Å². The maximum absolute atomic E-state index is 11.7. The molecular weight excluding hydrogens is 402 g/mol. The molecule has 1 atom stereocenters. The molecular formula is C24H41N7O. The minimum Gasteiger partial charge on any atom is -0.369 e. The molecule has 2 aliphatic heterocycles. The van der Waals surface area contributed by atoms with E-state index in [2.05, 4.69) is 45.3 Å². The third-order valence-corrected chi connectivity index (χ3v) is 6.56. The predicted molar refractivity (Wildman–Crippen MR) is 131 cm³/mol. The number of guanidine groups is 1. The van der Waals surface area contributed by atoms with Crippen LogP contribution < -0.4 is 21.3 Å². The topological polar surface area (TPSA) is 98.9 Å². The largest absolute Gasteiger partial charge is 0.369 e. The number of hydrogen-bond acceptors (Lipinski definition) is 5.